The average Bonchev–Trinajstić information content (AvgIpc) is 2.35. The molecule has 1 nitrogen and oxygen atoms in total. The Hall–Kier alpha value is -0.730. The quantitative estimate of drug-likeness (QED) is 0.506. The molecular formula is C13H6Cl4O. The fourth-order valence-electron chi connectivity index (χ4n) is 1.65. The van der Waals surface area contributed by atoms with Gasteiger partial charge in [-0.3, -0.25) is 4.79 Å². The molecule has 0 saturated heterocycles. The number of carbonyl (C=O) groups excluding carboxylic acids is 1. The van der Waals surface area contributed by atoms with Crippen molar-refractivity contribution in [2.45, 2.75) is 0 Å². The van der Waals surface area contributed by atoms with E-state index in [9.17, 15) is 4.79 Å². The molecule has 0 heterocycles. The van der Waals surface area contributed by atoms with E-state index in [1.54, 1.807) is 30.3 Å². The Labute approximate surface area is 124 Å². The first-order chi connectivity index (χ1) is 8.56. The Kier molecular flexibility index (Phi) is 4.18. The van der Waals surface area contributed by atoms with Crippen LogP contribution in [0.4, 0.5) is 0 Å². The molecule has 2 aromatic carbocycles. The van der Waals surface area contributed by atoms with Gasteiger partial charge in [0.2, 0.25) is 0 Å². The SMILES string of the molecule is O=Cc1c(Cl)cccc1-c1c(Cl)ccc(Cl)c1Cl. The number of carbonyl (C=O) groups is 1. The molecule has 0 aliphatic rings. The zero-order valence-electron chi connectivity index (χ0n) is 8.88. The Morgan fingerprint density at radius 1 is 0.833 bits per heavy atom. The highest BCUT2D eigenvalue weighted by atomic mass is 35.5. The van der Waals surface area contributed by atoms with Crippen LogP contribution >= 0.6 is 46.4 Å². The van der Waals surface area contributed by atoms with E-state index in [-0.39, 0.29) is 0 Å². The Morgan fingerprint density at radius 2 is 1.50 bits per heavy atom. The lowest BCUT2D eigenvalue weighted by atomic mass is 10.00. The number of benzene rings is 2. The summed E-state index contributed by atoms with van der Waals surface area (Å²) in [7, 11) is 0. The molecule has 18 heavy (non-hydrogen) atoms. The van der Waals surface area contributed by atoms with Gasteiger partial charge in [0.05, 0.1) is 20.1 Å². The summed E-state index contributed by atoms with van der Waals surface area (Å²) < 4.78 is 0. The van der Waals surface area contributed by atoms with Crippen LogP contribution < -0.4 is 0 Å². The summed E-state index contributed by atoms with van der Waals surface area (Å²) in [4.78, 5) is 11.1. The molecule has 0 aliphatic heterocycles. The van der Waals surface area contributed by atoms with Crippen LogP contribution in [0.1, 0.15) is 10.4 Å². The van der Waals surface area contributed by atoms with E-state index >= 15 is 0 Å². The van der Waals surface area contributed by atoms with Crippen LogP contribution in [0.2, 0.25) is 20.1 Å². The monoisotopic (exact) mass is 318 g/mol. The summed E-state index contributed by atoms with van der Waals surface area (Å²) in [5.74, 6) is 0. The van der Waals surface area contributed by atoms with Crippen LogP contribution in [0.25, 0.3) is 11.1 Å². The normalized spacial score (nSPS) is 10.4. The minimum absolute atomic E-state index is 0.300. The van der Waals surface area contributed by atoms with Crippen LogP contribution in [0.5, 0.6) is 0 Å². The summed E-state index contributed by atoms with van der Waals surface area (Å²) in [5.41, 5.74) is 1.41. The van der Waals surface area contributed by atoms with E-state index in [2.05, 4.69) is 0 Å². The summed E-state index contributed by atoms with van der Waals surface area (Å²) in [5, 5.41) is 1.42. The lowest BCUT2D eigenvalue weighted by Crippen LogP contribution is -1.91. The standard InChI is InChI=1S/C13H6Cl4O/c14-9-3-1-2-7(8(9)6-18)12-10(15)4-5-11(16)13(12)17/h1-6H. The molecule has 0 radical (unpaired) electrons. The van der Waals surface area contributed by atoms with Crippen molar-refractivity contribution in [3.63, 3.8) is 0 Å². The van der Waals surface area contributed by atoms with Crippen LogP contribution in [0, 0.1) is 0 Å². The fraction of sp³-hybridized carbons (Fsp3) is 0. The number of hydrogen-bond acceptors (Lipinski definition) is 1. The number of halogens is 4. The summed E-state index contributed by atoms with van der Waals surface area (Å²) >= 11 is 24.2. The molecule has 0 N–H and O–H groups in total. The third-order valence-corrected chi connectivity index (χ3v) is 3.93. The van der Waals surface area contributed by atoms with Gasteiger partial charge in [-0.15, -0.1) is 0 Å². The molecular weight excluding hydrogens is 314 g/mol. The van der Waals surface area contributed by atoms with Gasteiger partial charge in [0, 0.05) is 11.1 Å². The first-order valence-electron chi connectivity index (χ1n) is 4.94. The number of rotatable bonds is 2. The predicted molar refractivity (Wildman–Crippen MR) is 77.3 cm³/mol. The van der Waals surface area contributed by atoms with Gasteiger partial charge in [-0.05, 0) is 23.8 Å². The molecule has 0 saturated carbocycles. The lowest BCUT2D eigenvalue weighted by molar-refractivity contribution is 0.112. The van der Waals surface area contributed by atoms with Crippen LogP contribution in [-0.4, -0.2) is 6.29 Å². The first-order valence-corrected chi connectivity index (χ1v) is 6.45. The van der Waals surface area contributed by atoms with Gasteiger partial charge in [0.1, 0.15) is 0 Å². The van der Waals surface area contributed by atoms with E-state index in [4.69, 9.17) is 46.4 Å². The average molecular weight is 320 g/mol. The Morgan fingerprint density at radius 3 is 2.17 bits per heavy atom. The molecule has 0 aliphatic carbocycles. The van der Waals surface area contributed by atoms with Crippen LogP contribution in [-0.2, 0) is 0 Å². The summed E-state index contributed by atoms with van der Waals surface area (Å²) in [6.07, 6.45) is 0.672. The minimum atomic E-state index is 0.300. The maximum absolute atomic E-state index is 11.1. The van der Waals surface area contributed by atoms with Gasteiger partial charge in [-0.1, -0.05) is 58.5 Å². The van der Waals surface area contributed by atoms with Crippen molar-refractivity contribution in [2.24, 2.45) is 0 Å². The van der Waals surface area contributed by atoms with Gasteiger partial charge in [-0.2, -0.15) is 0 Å². The number of hydrogen-bond donors (Lipinski definition) is 0. The van der Waals surface area contributed by atoms with Crippen molar-refractivity contribution in [3.8, 4) is 11.1 Å². The maximum atomic E-state index is 11.1. The van der Waals surface area contributed by atoms with E-state index in [1.807, 2.05) is 0 Å². The van der Waals surface area contributed by atoms with Gasteiger partial charge in [0.25, 0.3) is 0 Å². The van der Waals surface area contributed by atoms with Crippen molar-refractivity contribution < 1.29 is 4.79 Å². The van der Waals surface area contributed by atoms with Crippen LogP contribution in [0.3, 0.4) is 0 Å². The molecule has 92 valence electrons. The molecule has 0 aromatic heterocycles. The van der Waals surface area contributed by atoms with Gasteiger partial charge >= 0.3 is 0 Å². The molecule has 0 atom stereocenters. The second-order valence-electron chi connectivity index (χ2n) is 3.54. The molecule has 2 rings (SSSR count). The third kappa shape index (κ3) is 2.36. The smallest absolute Gasteiger partial charge is 0.152 e. The molecule has 0 bridgehead atoms. The predicted octanol–water partition coefficient (Wildman–Crippen LogP) is 5.78. The van der Waals surface area contributed by atoms with Crippen LogP contribution in [0.15, 0.2) is 30.3 Å². The molecule has 0 fully saturated rings. The molecule has 0 unspecified atom stereocenters. The second kappa shape index (κ2) is 5.50. The molecule has 0 spiro atoms. The minimum Gasteiger partial charge on any atom is -0.298 e. The molecule has 2 aromatic rings. The second-order valence-corrected chi connectivity index (χ2v) is 5.14. The highest BCUT2D eigenvalue weighted by Gasteiger charge is 2.16. The van der Waals surface area contributed by atoms with Crippen molar-refractivity contribution in [3.05, 3.63) is 56.0 Å². The van der Waals surface area contributed by atoms with E-state index < -0.39 is 0 Å². The largest absolute Gasteiger partial charge is 0.298 e. The zero-order chi connectivity index (χ0) is 13.3. The van der Waals surface area contributed by atoms with Crippen molar-refractivity contribution in [1.82, 2.24) is 0 Å². The lowest BCUT2D eigenvalue weighted by Gasteiger charge is -2.11. The van der Waals surface area contributed by atoms with Crippen molar-refractivity contribution >= 4 is 52.7 Å². The zero-order valence-corrected chi connectivity index (χ0v) is 11.9. The Bertz CT molecular complexity index is 623. The highest BCUT2D eigenvalue weighted by molar-refractivity contribution is 6.46. The summed E-state index contributed by atoms with van der Waals surface area (Å²) in [6.45, 7) is 0. The Balaban J connectivity index is 2.81. The van der Waals surface area contributed by atoms with E-state index in [0.29, 0.717) is 43.1 Å². The van der Waals surface area contributed by atoms with E-state index in [0.717, 1.165) is 0 Å². The van der Waals surface area contributed by atoms with Gasteiger partial charge in [0.15, 0.2) is 6.29 Å². The topological polar surface area (TPSA) is 17.1 Å². The first kappa shape index (κ1) is 13.7. The number of aldehydes is 1. The van der Waals surface area contributed by atoms with E-state index in [1.165, 1.54) is 0 Å². The van der Waals surface area contributed by atoms with Gasteiger partial charge in [-0.25, -0.2) is 0 Å². The molecule has 5 heteroatoms. The van der Waals surface area contributed by atoms with Crippen molar-refractivity contribution in [2.75, 3.05) is 0 Å². The fourth-order valence-corrected chi connectivity index (χ4v) is 2.60. The molecule has 0 amide bonds. The third-order valence-electron chi connectivity index (χ3n) is 2.48. The van der Waals surface area contributed by atoms with Crippen molar-refractivity contribution in [1.29, 1.82) is 0 Å². The summed E-state index contributed by atoms with van der Waals surface area (Å²) in [6, 6.07) is 8.29. The highest BCUT2D eigenvalue weighted by Crippen LogP contribution is 2.41. The maximum Gasteiger partial charge on any atom is 0.152 e. The van der Waals surface area contributed by atoms with Gasteiger partial charge < -0.3 is 0 Å².